The van der Waals surface area contributed by atoms with Gasteiger partial charge in [0, 0.05) is 12.0 Å². The van der Waals surface area contributed by atoms with Gasteiger partial charge in [-0.2, -0.15) is 0 Å². The zero-order valence-corrected chi connectivity index (χ0v) is 10.5. The van der Waals surface area contributed by atoms with Crippen molar-refractivity contribution in [1.29, 1.82) is 0 Å². The summed E-state index contributed by atoms with van der Waals surface area (Å²) in [5.74, 6) is -2.91. The van der Waals surface area contributed by atoms with Crippen LogP contribution >= 0.6 is 0 Å². The minimum atomic E-state index is -1.00. The molecule has 1 unspecified atom stereocenters. The summed E-state index contributed by atoms with van der Waals surface area (Å²) in [6, 6.07) is -0.744. The molecule has 0 saturated carbocycles. The number of carbonyl (C=O) groups is 3. The SMILES string of the molecule is C=C(C)C(=O)O.CCNC(CCC(=O)O)C(=O)O. The molecule has 0 rings (SSSR count). The van der Waals surface area contributed by atoms with Gasteiger partial charge in [0.15, 0.2) is 0 Å². The van der Waals surface area contributed by atoms with Gasteiger partial charge in [-0.1, -0.05) is 13.5 Å². The molecule has 0 fully saturated rings. The van der Waals surface area contributed by atoms with Crippen molar-refractivity contribution in [1.82, 2.24) is 5.32 Å². The molecular weight excluding hydrogens is 242 g/mol. The van der Waals surface area contributed by atoms with E-state index in [4.69, 9.17) is 15.3 Å². The van der Waals surface area contributed by atoms with Crippen LogP contribution in [0, 0.1) is 0 Å². The Labute approximate surface area is 105 Å². The molecule has 0 heterocycles. The zero-order chi connectivity index (χ0) is 14.7. The maximum Gasteiger partial charge on any atom is 0.330 e. The number of carboxylic acids is 3. The van der Waals surface area contributed by atoms with Crippen LogP contribution in [0.1, 0.15) is 26.7 Å². The molecule has 7 heteroatoms. The summed E-state index contributed by atoms with van der Waals surface area (Å²) in [6.45, 7) is 6.90. The smallest absolute Gasteiger partial charge is 0.330 e. The number of rotatable bonds is 7. The quantitative estimate of drug-likeness (QED) is 0.493. The summed E-state index contributed by atoms with van der Waals surface area (Å²) < 4.78 is 0. The minimum Gasteiger partial charge on any atom is -0.481 e. The van der Waals surface area contributed by atoms with E-state index in [1.165, 1.54) is 6.92 Å². The lowest BCUT2D eigenvalue weighted by molar-refractivity contribution is -0.140. The van der Waals surface area contributed by atoms with Crippen LogP contribution < -0.4 is 5.32 Å². The van der Waals surface area contributed by atoms with E-state index in [1.54, 1.807) is 6.92 Å². The summed E-state index contributed by atoms with van der Waals surface area (Å²) in [5.41, 5.74) is 0.176. The van der Waals surface area contributed by atoms with Gasteiger partial charge in [0.1, 0.15) is 6.04 Å². The van der Waals surface area contributed by atoms with Gasteiger partial charge in [-0.05, 0) is 19.9 Å². The average molecular weight is 261 g/mol. The van der Waals surface area contributed by atoms with E-state index in [0.29, 0.717) is 6.54 Å². The normalized spacial score (nSPS) is 10.8. The van der Waals surface area contributed by atoms with Crippen molar-refractivity contribution in [3.05, 3.63) is 12.2 Å². The van der Waals surface area contributed by atoms with Gasteiger partial charge in [-0.3, -0.25) is 9.59 Å². The summed E-state index contributed by atoms with van der Waals surface area (Å²) >= 11 is 0. The first-order valence-electron chi connectivity index (χ1n) is 5.29. The number of hydrogen-bond acceptors (Lipinski definition) is 4. The first kappa shape index (κ1) is 18.5. The van der Waals surface area contributed by atoms with E-state index in [0.717, 1.165) is 0 Å². The maximum absolute atomic E-state index is 10.4. The Morgan fingerprint density at radius 1 is 1.22 bits per heavy atom. The molecule has 0 aromatic heterocycles. The summed E-state index contributed by atoms with van der Waals surface area (Å²) in [6.07, 6.45) is 0.00245. The van der Waals surface area contributed by atoms with E-state index < -0.39 is 23.9 Å². The molecule has 0 aliphatic heterocycles. The fourth-order valence-corrected chi connectivity index (χ4v) is 0.827. The molecule has 0 aromatic carbocycles. The fourth-order valence-electron chi connectivity index (χ4n) is 0.827. The average Bonchev–Trinajstić information content (AvgIpc) is 2.24. The minimum absolute atomic E-state index is 0.121. The van der Waals surface area contributed by atoms with Crippen molar-refractivity contribution in [2.24, 2.45) is 0 Å². The Hall–Kier alpha value is -1.89. The molecule has 0 amide bonds. The lowest BCUT2D eigenvalue weighted by atomic mass is 10.1. The molecule has 0 spiro atoms. The Kier molecular flexibility index (Phi) is 10.5. The van der Waals surface area contributed by atoms with Crippen LogP contribution in [0.25, 0.3) is 0 Å². The third-order valence-corrected chi connectivity index (χ3v) is 1.76. The predicted molar refractivity (Wildman–Crippen MR) is 64.4 cm³/mol. The zero-order valence-electron chi connectivity index (χ0n) is 10.5. The molecule has 7 nitrogen and oxygen atoms in total. The Bertz CT molecular complexity index is 301. The van der Waals surface area contributed by atoms with Gasteiger partial charge >= 0.3 is 17.9 Å². The van der Waals surface area contributed by atoms with E-state index >= 15 is 0 Å². The number of hydrogen-bond donors (Lipinski definition) is 4. The Morgan fingerprint density at radius 3 is 1.89 bits per heavy atom. The van der Waals surface area contributed by atoms with Crippen LogP contribution in [-0.4, -0.2) is 45.8 Å². The number of carboxylic acid groups (broad SMARTS) is 3. The van der Waals surface area contributed by atoms with Crippen molar-refractivity contribution < 1.29 is 29.7 Å². The molecular formula is C11H19NO6. The topological polar surface area (TPSA) is 124 Å². The molecule has 0 aliphatic rings. The van der Waals surface area contributed by atoms with Crippen molar-refractivity contribution in [2.75, 3.05) is 6.54 Å². The van der Waals surface area contributed by atoms with Crippen molar-refractivity contribution in [3.63, 3.8) is 0 Å². The van der Waals surface area contributed by atoms with E-state index in [1.807, 2.05) is 0 Å². The highest BCUT2D eigenvalue weighted by molar-refractivity contribution is 5.84. The third-order valence-electron chi connectivity index (χ3n) is 1.76. The van der Waals surface area contributed by atoms with E-state index in [2.05, 4.69) is 11.9 Å². The van der Waals surface area contributed by atoms with Gasteiger partial charge in [-0.15, -0.1) is 0 Å². The molecule has 0 aromatic rings. The van der Waals surface area contributed by atoms with Crippen LogP contribution in [0.2, 0.25) is 0 Å². The molecule has 104 valence electrons. The van der Waals surface area contributed by atoms with E-state index in [-0.39, 0.29) is 18.4 Å². The molecule has 4 N–H and O–H groups in total. The number of nitrogens with one attached hydrogen (secondary N) is 1. The lowest BCUT2D eigenvalue weighted by Crippen LogP contribution is -2.36. The highest BCUT2D eigenvalue weighted by Gasteiger charge is 2.16. The second kappa shape index (κ2) is 10.3. The fraction of sp³-hybridized carbons (Fsp3) is 0.545. The maximum atomic E-state index is 10.4. The largest absolute Gasteiger partial charge is 0.481 e. The number of likely N-dealkylation sites (N-methyl/N-ethyl adjacent to an activating group) is 1. The van der Waals surface area contributed by atoms with Gasteiger partial charge in [0.25, 0.3) is 0 Å². The van der Waals surface area contributed by atoms with Crippen LogP contribution in [0.3, 0.4) is 0 Å². The van der Waals surface area contributed by atoms with Gasteiger partial charge in [0.05, 0.1) is 0 Å². The Balaban J connectivity index is 0. The molecule has 0 saturated heterocycles. The molecule has 1 atom stereocenters. The standard InChI is InChI=1S/C7H13NO4.C4H6O2/c1-2-8-5(7(11)12)3-4-6(9)10;1-3(2)4(5)6/h5,8H,2-4H2,1H3,(H,9,10)(H,11,12);1H2,2H3,(H,5,6). The summed E-state index contributed by atoms with van der Waals surface area (Å²) in [7, 11) is 0. The van der Waals surface area contributed by atoms with Crippen molar-refractivity contribution in [2.45, 2.75) is 32.7 Å². The van der Waals surface area contributed by atoms with Crippen LogP contribution in [0.15, 0.2) is 12.2 Å². The first-order valence-corrected chi connectivity index (χ1v) is 5.29. The summed E-state index contributed by atoms with van der Waals surface area (Å²) in [4.78, 5) is 30.2. The van der Waals surface area contributed by atoms with Crippen LogP contribution in [-0.2, 0) is 14.4 Å². The molecule has 0 bridgehead atoms. The first-order chi connectivity index (χ1) is 8.22. The third kappa shape index (κ3) is 12.2. The predicted octanol–water partition coefficient (Wildman–Crippen LogP) is 0.561. The second-order valence-electron chi connectivity index (χ2n) is 3.47. The van der Waals surface area contributed by atoms with Crippen molar-refractivity contribution in [3.8, 4) is 0 Å². The Morgan fingerprint density at radius 2 is 1.67 bits per heavy atom. The van der Waals surface area contributed by atoms with Gasteiger partial charge < -0.3 is 20.6 Å². The van der Waals surface area contributed by atoms with Crippen molar-refractivity contribution >= 4 is 17.9 Å². The second-order valence-corrected chi connectivity index (χ2v) is 3.47. The van der Waals surface area contributed by atoms with Crippen LogP contribution in [0.5, 0.6) is 0 Å². The molecule has 0 radical (unpaired) electrons. The summed E-state index contributed by atoms with van der Waals surface area (Å²) in [5, 5.41) is 27.4. The molecule has 0 aliphatic carbocycles. The van der Waals surface area contributed by atoms with E-state index in [9.17, 15) is 14.4 Å². The highest BCUT2D eigenvalue weighted by atomic mass is 16.4. The molecule has 18 heavy (non-hydrogen) atoms. The van der Waals surface area contributed by atoms with Crippen LogP contribution in [0.4, 0.5) is 0 Å². The van der Waals surface area contributed by atoms with Gasteiger partial charge in [0.2, 0.25) is 0 Å². The lowest BCUT2D eigenvalue weighted by Gasteiger charge is -2.10. The highest BCUT2D eigenvalue weighted by Crippen LogP contribution is 1.97. The number of aliphatic carboxylic acids is 3. The van der Waals surface area contributed by atoms with Gasteiger partial charge in [-0.25, -0.2) is 4.79 Å². The monoisotopic (exact) mass is 261 g/mol.